The van der Waals surface area contributed by atoms with Crippen LogP contribution < -0.4 is 5.32 Å². The van der Waals surface area contributed by atoms with Gasteiger partial charge in [-0.05, 0) is 49.8 Å². The molecule has 0 spiro atoms. The van der Waals surface area contributed by atoms with Crippen molar-refractivity contribution in [2.24, 2.45) is 5.92 Å². The Balaban J connectivity index is 0.000000782. The normalized spacial score (nSPS) is 17.2. The number of likely N-dealkylation sites (tertiary alicyclic amines) is 1. The summed E-state index contributed by atoms with van der Waals surface area (Å²) in [6, 6.07) is 7.35. The molecular weight excluding hydrogens is 579 g/mol. The number of hydrogen-bond donors (Lipinski definition) is 2. The summed E-state index contributed by atoms with van der Waals surface area (Å²) in [5.41, 5.74) is 0.964. The molecule has 1 aromatic carbocycles. The summed E-state index contributed by atoms with van der Waals surface area (Å²) in [6.07, 6.45) is 2.71. The van der Waals surface area contributed by atoms with Crippen molar-refractivity contribution in [1.29, 1.82) is 0 Å². The number of methoxy groups -OCH3 is 1. The zero-order valence-electron chi connectivity index (χ0n) is 24.3. The Morgan fingerprint density at radius 1 is 1.02 bits per heavy atom. The van der Waals surface area contributed by atoms with E-state index in [2.05, 4.69) is 10.2 Å². The molecule has 3 rings (SSSR count). The summed E-state index contributed by atoms with van der Waals surface area (Å²) < 4.78 is 36.5. The molecule has 0 bridgehead atoms. The fourth-order valence-corrected chi connectivity index (χ4v) is 5.41. The van der Waals surface area contributed by atoms with E-state index in [-0.39, 0.29) is 30.3 Å². The van der Waals surface area contributed by atoms with Gasteiger partial charge in [-0.1, -0.05) is 56.8 Å². The number of carboxylic acids is 1. The molecule has 1 saturated heterocycles. The van der Waals surface area contributed by atoms with Crippen LogP contribution in [0.1, 0.15) is 64.4 Å². The van der Waals surface area contributed by atoms with Gasteiger partial charge < -0.3 is 19.6 Å². The molecule has 2 N–H and O–H groups in total. The second kappa shape index (κ2) is 16.7. The van der Waals surface area contributed by atoms with E-state index >= 15 is 0 Å². The maximum Gasteiger partial charge on any atom is 0.490 e. The second-order valence-electron chi connectivity index (χ2n) is 10.9. The highest BCUT2D eigenvalue weighted by Crippen LogP contribution is 2.29. The molecule has 1 aliphatic heterocycles. The van der Waals surface area contributed by atoms with Crippen LogP contribution >= 0.6 is 11.6 Å². The number of alkyl halides is 3. The van der Waals surface area contributed by atoms with Gasteiger partial charge in [-0.2, -0.15) is 13.2 Å². The lowest BCUT2D eigenvalue weighted by molar-refractivity contribution is -0.192. The van der Waals surface area contributed by atoms with Gasteiger partial charge in [0, 0.05) is 36.1 Å². The number of benzene rings is 1. The number of rotatable bonds is 9. The molecule has 42 heavy (non-hydrogen) atoms. The minimum Gasteiger partial charge on any atom is -0.475 e. The number of carbonyl (C=O) groups is 4. The lowest BCUT2D eigenvalue weighted by Gasteiger charge is -2.45. The Morgan fingerprint density at radius 2 is 1.55 bits per heavy atom. The summed E-state index contributed by atoms with van der Waals surface area (Å²) in [5, 5.41) is 10.8. The molecule has 2 fully saturated rings. The van der Waals surface area contributed by atoms with Gasteiger partial charge in [0.15, 0.2) is 0 Å². The zero-order valence-corrected chi connectivity index (χ0v) is 25.0. The standard InChI is InChI=1S/C27H40ClN3O4.C2HF3O2/c1-19(2)26(33)31(22-7-5-4-6-8-22)23-13-15-30(16-14-23)27(34)24(29-18-25(32)35-3)17-20-9-11-21(28)12-10-20;3-2(4,5)1(6)7/h9-12,19,22-24,29H,4-8,13-18H2,1-3H3;(H,6,7). The maximum absolute atomic E-state index is 13.5. The smallest absolute Gasteiger partial charge is 0.475 e. The van der Waals surface area contributed by atoms with E-state index in [1.54, 1.807) is 12.1 Å². The van der Waals surface area contributed by atoms with Crippen molar-refractivity contribution in [2.75, 3.05) is 26.7 Å². The van der Waals surface area contributed by atoms with E-state index < -0.39 is 24.2 Å². The summed E-state index contributed by atoms with van der Waals surface area (Å²) >= 11 is 6.01. The molecule has 1 heterocycles. The Hall–Kier alpha value is -2.86. The largest absolute Gasteiger partial charge is 0.490 e. The molecule has 1 atom stereocenters. The number of halogens is 4. The Morgan fingerprint density at radius 3 is 2.02 bits per heavy atom. The van der Waals surface area contributed by atoms with Crippen LogP contribution in [0.4, 0.5) is 13.2 Å². The molecule has 2 amide bonds. The van der Waals surface area contributed by atoms with E-state index in [0.29, 0.717) is 30.6 Å². The molecule has 1 aliphatic carbocycles. The fraction of sp³-hybridized carbons (Fsp3) is 0.655. The molecular formula is C29H41ClF3N3O6. The van der Waals surface area contributed by atoms with E-state index in [4.69, 9.17) is 26.2 Å². The molecule has 1 saturated carbocycles. The van der Waals surface area contributed by atoms with E-state index in [1.165, 1.54) is 26.4 Å². The van der Waals surface area contributed by atoms with Crippen LogP contribution in [0.2, 0.25) is 5.02 Å². The first kappa shape index (κ1) is 35.3. The van der Waals surface area contributed by atoms with Crippen molar-refractivity contribution in [2.45, 2.75) is 89.5 Å². The third kappa shape index (κ3) is 11.1. The van der Waals surface area contributed by atoms with Crippen molar-refractivity contribution < 1.29 is 42.2 Å². The molecule has 236 valence electrons. The fourth-order valence-electron chi connectivity index (χ4n) is 5.28. The van der Waals surface area contributed by atoms with E-state index in [1.807, 2.05) is 30.9 Å². The number of amides is 2. The third-order valence-corrected chi connectivity index (χ3v) is 7.75. The monoisotopic (exact) mass is 619 g/mol. The molecule has 9 nitrogen and oxygen atoms in total. The van der Waals surface area contributed by atoms with Crippen molar-refractivity contribution in [1.82, 2.24) is 15.1 Å². The number of nitrogens with zero attached hydrogens (tertiary/aromatic N) is 2. The first-order valence-electron chi connectivity index (χ1n) is 14.2. The molecule has 2 aliphatic rings. The lowest BCUT2D eigenvalue weighted by atomic mass is 9.90. The van der Waals surface area contributed by atoms with Crippen LogP contribution in [0, 0.1) is 5.92 Å². The summed E-state index contributed by atoms with van der Waals surface area (Å²) in [5.74, 6) is -2.98. The lowest BCUT2D eigenvalue weighted by Crippen LogP contribution is -2.56. The van der Waals surface area contributed by atoms with Gasteiger partial charge in [0.2, 0.25) is 11.8 Å². The van der Waals surface area contributed by atoms with Crippen LogP contribution in [0.5, 0.6) is 0 Å². The van der Waals surface area contributed by atoms with Crippen molar-refractivity contribution in [3.8, 4) is 0 Å². The number of carboxylic acid groups (broad SMARTS) is 1. The van der Waals surface area contributed by atoms with Crippen LogP contribution in [0.25, 0.3) is 0 Å². The molecule has 0 radical (unpaired) electrons. The van der Waals surface area contributed by atoms with Gasteiger partial charge in [0.25, 0.3) is 0 Å². The van der Waals surface area contributed by atoms with Crippen LogP contribution in [-0.2, 0) is 30.3 Å². The van der Waals surface area contributed by atoms with Gasteiger partial charge in [-0.25, -0.2) is 4.79 Å². The highest BCUT2D eigenvalue weighted by molar-refractivity contribution is 6.30. The number of hydrogen-bond acceptors (Lipinski definition) is 6. The minimum atomic E-state index is -5.08. The molecule has 0 aromatic heterocycles. The maximum atomic E-state index is 13.5. The Kier molecular flexibility index (Phi) is 14.0. The van der Waals surface area contributed by atoms with Gasteiger partial charge in [0.05, 0.1) is 19.7 Å². The summed E-state index contributed by atoms with van der Waals surface area (Å²) in [4.78, 5) is 51.3. The predicted molar refractivity (Wildman–Crippen MR) is 151 cm³/mol. The number of aliphatic carboxylic acids is 1. The number of nitrogens with one attached hydrogen (secondary N) is 1. The van der Waals surface area contributed by atoms with Crippen molar-refractivity contribution >= 4 is 35.4 Å². The molecule has 13 heteroatoms. The van der Waals surface area contributed by atoms with Crippen molar-refractivity contribution in [3.63, 3.8) is 0 Å². The highest BCUT2D eigenvalue weighted by atomic mass is 35.5. The third-order valence-electron chi connectivity index (χ3n) is 7.50. The quantitative estimate of drug-likeness (QED) is 0.392. The summed E-state index contributed by atoms with van der Waals surface area (Å²) in [6.45, 7) is 5.13. The topological polar surface area (TPSA) is 116 Å². The first-order valence-corrected chi connectivity index (χ1v) is 14.6. The van der Waals surface area contributed by atoms with Gasteiger partial charge in [0.1, 0.15) is 0 Å². The van der Waals surface area contributed by atoms with Crippen LogP contribution in [0.3, 0.4) is 0 Å². The van der Waals surface area contributed by atoms with E-state index in [0.717, 1.165) is 31.2 Å². The second-order valence-corrected chi connectivity index (χ2v) is 11.3. The number of esters is 1. The zero-order chi connectivity index (χ0) is 31.4. The van der Waals surface area contributed by atoms with Crippen LogP contribution in [-0.4, -0.2) is 89.7 Å². The number of ether oxygens (including phenoxy) is 1. The number of carbonyl (C=O) groups excluding carboxylic acids is 3. The average Bonchev–Trinajstić information content (AvgIpc) is 2.96. The first-order chi connectivity index (χ1) is 19.7. The minimum absolute atomic E-state index is 0.0251. The SMILES string of the molecule is COC(=O)CNC(Cc1ccc(Cl)cc1)C(=O)N1CCC(N(C(=O)C(C)C)C2CCCCC2)CC1.O=C(O)C(F)(F)F. The average molecular weight is 620 g/mol. The predicted octanol–water partition coefficient (Wildman–Crippen LogP) is 4.46. The number of piperidine rings is 1. The highest BCUT2D eigenvalue weighted by Gasteiger charge is 2.38. The molecule has 1 unspecified atom stereocenters. The van der Waals surface area contributed by atoms with Gasteiger partial charge in [-0.3, -0.25) is 19.7 Å². The van der Waals surface area contributed by atoms with E-state index in [9.17, 15) is 27.6 Å². The van der Waals surface area contributed by atoms with Gasteiger partial charge >= 0.3 is 18.1 Å². The van der Waals surface area contributed by atoms with Crippen LogP contribution in [0.15, 0.2) is 24.3 Å². The Bertz CT molecular complexity index is 1040. The van der Waals surface area contributed by atoms with Crippen molar-refractivity contribution in [3.05, 3.63) is 34.9 Å². The Labute approximate surface area is 249 Å². The van der Waals surface area contributed by atoms with Gasteiger partial charge in [-0.15, -0.1) is 0 Å². The molecule has 1 aromatic rings. The summed E-state index contributed by atoms with van der Waals surface area (Å²) in [7, 11) is 1.33.